The number of esters is 2. The van der Waals surface area contributed by atoms with E-state index >= 15 is 0 Å². The van der Waals surface area contributed by atoms with Gasteiger partial charge in [-0.3, -0.25) is 4.79 Å². The van der Waals surface area contributed by atoms with Crippen molar-refractivity contribution in [2.75, 3.05) is 6.61 Å². The van der Waals surface area contributed by atoms with E-state index in [1.807, 2.05) is 6.92 Å². The molecule has 0 spiro atoms. The van der Waals surface area contributed by atoms with E-state index in [1.54, 1.807) is 13.0 Å². The van der Waals surface area contributed by atoms with E-state index in [4.69, 9.17) is 9.47 Å². The third-order valence-corrected chi connectivity index (χ3v) is 3.10. The molecule has 88 valence electrons. The second-order valence-corrected chi connectivity index (χ2v) is 4.56. The first-order chi connectivity index (χ1) is 7.54. The Bertz CT molecular complexity index is 358. The van der Waals surface area contributed by atoms with Gasteiger partial charge in [-0.05, 0) is 32.8 Å². The lowest BCUT2D eigenvalue weighted by Gasteiger charge is -2.19. The van der Waals surface area contributed by atoms with Crippen LogP contribution in [0.25, 0.3) is 0 Å². The fraction of sp³-hybridized carbons (Fsp3) is 0.667. The maximum atomic E-state index is 11.6. The molecular weight excluding hydrogens is 208 g/mol. The van der Waals surface area contributed by atoms with Crippen LogP contribution in [0, 0.1) is 5.92 Å². The number of fused-ring (bicyclic) bond motifs is 2. The molecule has 0 N–H and O–H groups in total. The number of ether oxygens (including phenoxy) is 2. The average Bonchev–Trinajstić information content (AvgIpc) is 2.40. The lowest BCUT2D eigenvalue weighted by atomic mass is 9.96. The average molecular weight is 224 g/mol. The molecule has 0 aromatic heterocycles. The SMILES string of the molecule is CCOC(=O)C1=C[C@@]2(C)C[C@@H](CC1)C(=O)O2. The van der Waals surface area contributed by atoms with Crippen molar-refractivity contribution in [3.8, 4) is 0 Å². The van der Waals surface area contributed by atoms with Crippen LogP contribution in [-0.4, -0.2) is 24.1 Å². The molecule has 0 unspecified atom stereocenters. The maximum absolute atomic E-state index is 11.6. The van der Waals surface area contributed by atoms with Crippen LogP contribution in [-0.2, 0) is 19.1 Å². The van der Waals surface area contributed by atoms with Crippen molar-refractivity contribution in [3.05, 3.63) is 11.6 Å². The van der Waals surface area contributed by atoms with Crippen molar-refractivity contribution in [1.82, 2.24) is 0 Å². The highest BCUT2D eigenvalue weighted by molar-refractivity contribution is 5.89. The van der Waals surface area contributed by atoms with Crippen molar-refractivity contribution in [2.45, 2.75) is 38.7 Å². The quantitative estimate of drug-likeness (QED) is 0.668. The van der Waals surface area contributed by atoms with Crippen molar-refractivity contribution in [3.63, 3.8) is 0 Å². The molecule has 0 saturated carbocycles. The molecule has 4 nitrogen and oxygen atoms in total. The Labute approximate surface area is 94.6 Å². The smallest absolute Gasteiger partial charge is 0.333 e. The summed E-state index contributed by atoms with van der Waals surface area (Å²) >= 11 is 0. The highest BCUT2D eigenvalue weighted by atomic mass is 16.6. The van der Waals surface area contributed by atoms with Gasteiger partial charge in [-0.1, -0.05) is 0 Å². The van der Waals surface area contributed by atoms with E-state index in [2.05, 4.69) is 0 Å². The standard InChI is InChI=1S/C12H16O4/c1-3-15-10(13)8-4-5-9-7-12(2,6-8)16-11(9)14/h6,9H,3-5,7H2,1-2H3/t9-,12+/m1/s1. The molecule has 1 aliphatic carbocycles. The third kappa shape index (κ3) is 1.96. The maximum Gasteiger partial charge on any atom is 0.333 e. The first kappa shape index (κ1) is 11.2. The first-order valence-electron chi connectivity index (χ1n) is 5.66. The monoisotopic (exact) mass is 224 g/mol. The molecule has 1 aliphatic heterocycles. The van der Waals surface area contributed by atoms with E-state index in [0.717, 1.165) is 0 Å². The van der Waals surface area contributed by atoms with Crippen LogP contribution >= 0.6 is 0 Å². The second kappa shape index (κ2) is 3.92. The van der Waals surface area contributed by atoms with Gasteiger partial charge in [0.15, 0.2) is 0 Å². The molecule has 2 bridgehead atoms. The van der Waals surface area contributed by atoms with Gasteiger partial charge in [-0.2, -0.15) is 0 Å². The Morgan fingerprint density at radius 1 is 1.69 bits per heavy atom. The minimum absolute atomic E-state index is 0.0619. The van der Waals surface area contributed by atoms with Gasteiger partial charge >= 0.3 is 11.9 Å². The van der Waals surface area contributed by atoms with E-state index in [1.165, 1.54) is 0 Å². The molecule has 4 heteroatoms. The van der Waals surface area contributed by atoms with Crippen LogP contribution in [0.3, 0.4) is 0 Å². The molecule has 2 atom stereocenters. The van der Waals surface area contributed by atoms with Crippen LogP contribution in [0.5, 0.6) is 0 Å². The second-order valence-electron chi connectivity index (χ2n) is 4.56. The van der Waals surface area contributed by atoms with Gasteiger partial charge in [0.05, 0.1) is 12.5 Å². The number of rotatable bonds is 2. The zero-order chi connectivity index (χ0) is 11.8. The van der Waals surface area contributed by atoms with Gasteiger partial charge in [0.2, 0.25) is 0 Å². The van der Waals surface area contributed by atoms with Crippen molar-refractivity contribution in [1.29, 1.82) is 0 Å². The van der Waals surface area contributed by atoms with Crippen LogP contribution in [0.15, 0.2) is 11.6 Å². The highest BCUT2D eigenvalue weighted by Crippen LogP contribution is 2.39. The van der Waals surface area contributed by atoms with Gasteiger partial charge in [0.1, 0.15) is 5.60 Å². The lowest BCUT2D eigenvalue weighted by molar-refractivity contribution is -0.148. The fourth-order valence-corrected chi connectivity index (χ4v) is 2.39. The van der Waals surface area contributed by atoms with Gasteiger partial charge in [0, 0.05) is 12.0 Å². The molecule has 2 aliphatic rings. The van der Waals surface area contributed by atoms with Gasteiger partial charge in [-0.15, -0.1) is 0 Å². The predicted molar refractivity (Wildman–Crippen MR) is 56.6 cm³/mol. The number of carbonyl (C=O) groups is 2. The summed E-state index contributed by atoms with van der Waals surface area (Å²) in [5.74, 6) is -0.484. The number of hydrogen-bond donors (Lipinski definition) is 0. The Kier molecular flexibility index (Phi) is 2.74. The number of hydrogen-bond acceptors (Lipinski definition) is 4. The first-order valence-corrected chi connectivity index (χ1v) is 5.66. The van der Waals surface area contributed by atoms with Crippen LogP contribution in [0.1, 0.15) is 33.1 Å². The summed E-state index contributed by atoms with van der Waals surface area (Å²) in [7, 11) is 0. The fourth-order valence-electron chi connectivity index (χ4n) is 2.39. The summed E-state index contributed by atoms with van der Waals surface area (Å²) in [6.45, 7) is 3.99. The van der Waals surface area contributed by atoms with Crippen LogP contribution < -0.4 is 0 Å². The predicted octanol–water partition coefficient (Wildman–Crippen LogP) is 1.59. The molecule has 0 aromatic carbocycles. The summed E-state index contributed by atoms with van der Waals surface area (Å²) in [6.07, 6.45) is 3.72. The normalized spacial score (nSPS) is 32.8. The van der Waals surface area contributed by atoms with Gasteiger partial charge < -0.3 is 9.47 Å². The third-order valence-electron chi connectivity index (χ3n) is 3.10. The van der Waals surface area contributed by atoms with E-state index < -0.39 is 5.60 Å². The molecular formula is C12H16O4. The van der Waals surface area contributed by atoms with E-state index in [9.17, 15) is 9.59 Å². The zero-order valence-electron chi connectivity index (χ0n) is 9.62. The minimum atomic E-state index is -0.611. The Balaban J connectivity index is 2.20. The zero-order valence-corrected chi connectivity index (χ0v) is 9.62. The summed E-state index contributed by atoms with van der Waals surface area (Å²) in [5, 5.41) is 0. The molecule has 1 heterocycles. The van der Waals surface area contributed by atoms with Gasteiger partial charge in [0.25, 0.3) is 0 Å². The van der Waals surface area contributed by atoms with Crippen LogP contribution in [0.2, 0.25) is 0 Å². The molecule has 1 fully saturated rings. The molecule has 0 amide bonds. The van der Waals surface area contributed by atoms with E-state index in [-0.39, 0.29) is 17.9 Å². The Morgan fingerprint density at radius 2 is 2.44 bits per heavy atom. The molecule has 0 aromatic rings. The molecule has 1 saturated heterocycles. The van der Waals surface area contributed by atoms with Crippen molar-refractivity contribution in [2.24, 2.45) is 5.92 Å². The van der Waals surface area contributed by atoms with Crippen LogP contribution in [0.4, 0.5) is 0 Å². The largest absolute Gasteiger partial charge is 0.463 e. The topological polar surface area (TPSA) is 52.6 Å². The molecule has 0 radical (unpaired) electrons. The number of carbonyl (C=O) groups excluding carboxylic acids is 2. The minimum Gasteiger partial charge on any atom is -0.463 e. The Morgan fingerprint density at radius 3 is 3.12 bits per heavy atom. The summed E-state index contributed by atoms with van der Waals surface area (Å²) in [4.78, 5) is 23.1. The van der Waals surface area contributed by atoms with Gasteiger partial charge in [-0.25, -0.2) is 4.79 Å². The highest BCUT2D eigenvalue weighted by Gasteiger charge is 2.44. The Hall–Kier alpha value is -1.32. The molecule has 2 rings (SSSR count). The van der Waals surface area contributed by atoms with Crippen molar-refractivity contribution >= 4 is 11.9 Å². The summed E-state index contributed by atoms with van der Waals surface area (Å²) < 4.78 is 10.3. The van der Waals surface area contributed by atoms with Crippen molar-refractivity contribution < 1.29 is 19.1 Å². The summed E-state index contributed by atoms with van der Waals surface area (Å²) in [6, 6.07) is 0. The lowest BCUT2D eigenvalue weighted by Crippen LogP contribution is -2.23. The van der Waals surface area contributed by atoms with E-state index in [0.29, 0.717) is 31.4 Å². The molecule has 16 heavy (non-hydrogen) atoms. The summed E-state index contributed by atoms with van der Waals surface area (Å²) in [5.41, 5.74) is 0.0275.